The molecule has 1 aromatic heterocycles. The van der Waals surface area contributed by atoms with E-state index in [1.165, 1.54) is 17.6 Å². The average Bonchev–Trinajstić information content (AvgIpc) is 2.99. The molecule has 1 aliphatic rings. The van der Waals surface area contributed by atoms with Crippen molar-refractivity contribution >= 4 is 0 Å². The van der Waals surface area contributed by atoms with Gasteiger partial charge in [0.15, 0.2) is 5.82 Å². The van der Waals surface area contributed by atoms with Gasteiger partial charge < -0.3 is 5.32 Å². The van der Waals surface area contributed by atoms with Gasteiger partial charge in [-0.15, -0.1) is 10.2 Å². The van der Waals surface area contributed by atoms with E-state index in [0.29, 0.717) is 12.0 Å². The Bertz CT molecular complexity index is 317. The molecule has 2 unspecified atom stereocenters. The number of hydrogen-bond donors (Lipinski definition) is 1. The molecule has 1 saturated carbocycles. The summed E-state index contributed by atoms with van der Waals surface area (Å²) in [5, 5.41) is 15.5. The predicted molar refractivity (Wildman–Crippen MR) is 57.2 cm³/mol. The Morgan fingerprint density at radius 3 is 2.73 bits per heavy atom. The fourth-order valence-corrected chi connectivity index (χ4v) is 2.10. The first-order valence-electron chi connectivity index (χ1n) is 5.61. The molecule has 0 aromatic carbocycles. The summed E-state index contributed by atoms with van der Waals surface area (Å²) in [6, 6.07) is 0.474. The standard InChI is InChI=1S/C10H19N5/c1-7(8-4-5-8)9(11-2)6-10-12-14-15(3)13-10/h7-9,11H,4-6H2,1-3H3. The summed E-state index contributed by atoms with van der Waals surface area (Å²) in [7, 11) is 3.81. The fourth-order valence-electron chi connectivity index (χ4n) is 2.10. The summed E-state index contributed by atoms with van der Waals surface area (Å²) >= 11 is 0. The van der Waals surface area contributed by atoms with Crippen molar-refractivity contribution in [1.82, 2.24) is 25.5 Å². The molecule has 5 heteroatoms. The molecule has 0 saturated heterocycles. The van der Waals surface area contributed by atoms with Crippen LogP contribution in [0.2, 0.25) is 0 Å². The highest BCUT2D eigenvalue weighted by atomic mass is 15.6. The topological polar surface area (TPSA) is 55.6 Å². The normalized spacial score (nSPS) is 20.2. The molecular weight excluding hydrogens is 190 g/mol. The molecule has 2 atom stereocenters. The second-order valence-electron chi connectivity index (χ2n) is 4.49. The molecule has 0 aliphatic heterocycles. The van der Waals surface area contributed by atoms with Crippen LogP contribution >= 0.6 is 0 Å². The van der Waals surface area contributed by atoms with Gasteiger partial charge in [-0.25, -0.2) is 0 Å². The summed E-state index contributed by atoms with van der Waals surface area (Å²) in [6.07, 6.45) is 3.64. The number of aromatic nitrogens is 4. The smallest absolute Gasteiger partial charge is 0.176 e. The zero-order valence-corrected chi connectivity index (χ0v) is 9.64. The third-order valence-corrected chi connectivity index (χ3v) is 3.32. The van der Waals surface area contributed by atoms with E-state index in [1.54, 1.807) is 7.05 Å². The van der Waals surface area contributed by atoms with Crippen molar-refractivity contribution in [3.8, 4) is 0 Å². The van der Waals surface area contributed by atoms with Gasteiger partial charge in [0.25, 0.3) is 0 Å². The SMILES string of the molecule is CNC(Cc1nnn(C)n1)C(C)C1CC1. The summed E-state index contributed by atoms with van der Waals surface area (Å²) in [6.45, 7) is 2.31. The van der Waals surface area contributed by atoms with Crippen LogP contribution in [0.3, 0.4) is 0 Å². The molecule has 1 fully saturated rings. The lowest BCUT2D eigenvalue weighted by Gasteiger charge is -2.21. The van der Waals surface area contributed by atoms with Crippen LogP contribution in [0.4, 0.5) is 0 Å². The van der Waals surface area contributed by atoms with E-state index in [9.17, 15) is 0 Å². The number of nitrogens with zero attached hydrogens (tertiary/aromatic N) is 4. The van der Waals surface area contributed by atoms with Gasteiger partial charge in [0.05, 0.1) is 7.05 Å². The van der Waals surface area contributed by atoms with Crippen LogP contribution in [0.15, 0.2) is 0 Å². The molecule has 0 spiro atoms. The average molecular weight is 209 g/mol. The van der Waals surface area contributed by atoms with Crippen molar-refractivity contribution < 1.29 is 0 Å². The monoisotopic (exact) mass is 209 g/mol. The minimum Gasteiger partial charge on any atom is -0.316 e. The maximum atomic E-state index is 4.22. The largest absolute Gasteiger partial charge is 0.316 e. The summed E-state index contributed by atoms with van der Waals surface area (Å²) in [5.74, 6) is 2.45. The number of rotatable bonds is 5. The minimum absolute atomic E-state index is 0.474. The van der Waals surface area contributed by atoms with E-state index in [2.05, 4.69) is 27.7 Å². The van der Waals surface area contributed by atoms with Crippen molar-refractivity contribution in [2.24, 2.45) is 18.9 Å². The number of hydrogen-bond acceptors (Lipinski definition) is 4. The predicted octanol–water partition coefficient (Wildman–Crippen LogP) is 0.387. The zero-order chi connectivity index (χ0) is 10.8. The van der Waals surface area contributed by atoms with Gasteiger partial charge in [0, 0.05) is 12.5 Å². The Kier molecular flexibility index (Phi) is 3.00. The Hall–Kier alpha value is -0.970. The molecule has 5 nitrogen and oxygen atoms in total. The zero-order valence-electron chi connectivity index (χ0n) is 9.64. The molecule has 84 valence electrons. The van der Waals surface area contributed by atoms with Gasteiger partial charge >= 0.3 is 0 Å². The fraction of sp³-hybridized carbons (Fsp3) is 0.900. The van der Waals surface area contributed by atoms with Crippen LogP contribution in [0.5, 0.6) is 0 Å². The van der Waals surface area contributed by atoms with E-state index >= 15 is 0 Å². The molecule has 0 bridgehead atoms. The minimum atomic E-state index is 0.474. The molecule has 1 N–H and O–H groups in total. The Morgan fingerprint density at radius 2 is 2.27 bits per heavy atom. The van der Waals surface area contributed by atoms with Crippen LogP contribution in [-0.2, 0) is 13.5 Å². The summed E-state index contributed by atoms with van der Waals surface area (Å²) < 4.78 is 0. The van der Waals surface area contributed by atoms with Gasteiger partial charge in [0.2, 0.25) is 0 Å². The molecular formula is C10H19N5. The van der Waals surface area contributed by atoms with Crippen molar-refractivity contribution in [2.45, 2.75) is 32.2 Å². The van der Waals surface area contributed by atoms with Gasteiger partial charge in [-0.1, -0.05) is 6.92 Å². The van der Waals surface area contributed by atoms with Crippen molar-refractivity contribution in [1.29, 1.82) is 0 Å². The van der Waals surface area contributed by atoms with E-state index in [1.807, 2.05) is 7.05 Å². The molecule has 0 radical (unpaired) electrons. The maximum Gasteiger partial charge on any atom is 0.176 e. The summed E-state index contributed by atoms with van der Waals surface area (Å²) in [4.78, 5) is 1.52. The highest BCUT2D eigenvalue weighted by Gasteiger charge is 2.33. The van der Waals surface area contributed by atoms with Crippen LogP contribution in [0, 0.1) is 11.8 Å². The number of likely N-dealkylation sites (N-methyl/N-ethyl adjacent to an activating group) is 1. The molecule has 1 heterocycles. The number of aryl methyl sites for hydroxylation is 1. The molecule has 0 amide bonds. The molecule has 1 aromatic rings. The van der Waals surface area contributed by atoms with Crippen LogP contribution in [0.25, 0.3) is 0 Å². The van der Waals surface area contributed by atoms with Crippen LogP contribution in [0.1, 0.15) is 25.6 Å². The van der Waals surface area contributed by atoms with Crippen molar-refractivity contribution in [3.63, 3.8) is 0 Å². The highest BCUT2D eigenvalue weighted by molar-refractivity contribution is 4.92. The third-order valence-electron chi connectivity index (χ3n) is 3.32. The van der Waals surface area contributed by atoms with E-state index in [4.69, 9.17) is 0 Å². The Labute approximate surface area is 90.2 Å². The lowest BCUT2D eigenvalue weighted by atomic mass is 9.94. The van der Waals surface area contributed by atoms with E-state index in [-0.39, 0.29) is 0 Å². The molecule has 15 heavy (non-hydrogen) atoms. The van der Waals surface area contributed by atoms with Crippen LogP contribution in [-0.4, -0.2) is 33.3 Å². The maximum absolute atomic E-state index is 4.22. The Morgan fingerprint density at radius 1 is 1.53 bits per heavy atom. The van der Waals surface area contributed by atoms with Crippen molar-refractivity contribution in [3.05, 3.63) is 5.82 Å². The number of tetrazole rings is 1. The molecule has 1 aliphatic carbocycles. The lowest BCUT2D eigenvalue weighted by molar-refractivity contribution is 0.353. The van der Waals surface area contributed by atoms with Gasteiger partial charge in [-0.2, -0.15) is 4.80 Å². The first-order chi connectivity index (χ1) is 7.20. The quantitative estimate of drug-likeness (QED) is 0.762. The molecule has 2 rings (SSSR count). The first kappa shape index (κ1) is 10.5. The van der Waals surface area contributed by atoms with Crippen LogP contribution < -0.4 is 5.32 Å². The first-order valence-corrected chi connectivity index (χ1v) is 5.61. The number of nitrogens with one attached hydrogen (secondary N) is 1. The van der Waals surface area contributed by atoms with Gasteiger partial charge in [-0.05, 0) is 36.9 Å². The second kappa shape index (κ2) is 4.26. The van der Waals surface area contributed by atoms with Gasteiger partial charge in [0.1, 0.15) is 0 Å². The summed E-state index contributed by atoms with van der Waals surface area (Å²) in [5.41, 5.74) is 0. The second-order valence-corrected chi connectivity index (χ2v) is 4.49. The van der Waals surface area contributed by atoms with E-state index in [0.717, 1.165) is 18.2 Å². The lowest BCUT2D eigenvalue weighted by Crippen LogP contribution is -2.35. The van der Waals surface area contributed by atoms with Crippen molar-refractivity contribution in [2.75, 3.05) is 7.05 Å². The van der Waals surface area contributed by atoms with E-state index < -0.39 is 0 Å². The Balaban J connectivity index is 1.95. The van der Waals surface area contributed by atoms with Gasteiger partial charge in [-0.3, -0.25) is 0 Å². The highest BCUT2D eigenvalue weighted by Crippen LogP contribution is 2.38. The third kappa shape index (κ3) is 2.53.